The second-order valence-corrected chi connectivity index (χ2v) is 8.22. The average molecular weight is 509 g/mol. The van der Waals surface area contributed by atoms with Crippen molar-refractivity contribution < 1.29 is 45.5 Å². The van der Waals surface area contributed by atoms with Crippen molar-refractivity contribution in [1.29, 1.82) is 0 Å². The van der Waals surface area contributed by atoms with E-state index in [2.05, 4.69) is 10.1 Å². The molecule has 2 rings (SSSR count). The van der Waals surface area contributed by atoms with Gasteiger partial charge in [-0.2, -0.15) is 22.0 Å². The van der Waals surface area contributed by atoms with Gasteiger partial charge in [-0.05, 0) is 54.9 Å². The molecular formula is C22H25F6N3O4. The number of carbonyl (C=O) groups excluding carboxylic acids is 3. The number of benzene rings is 1. The molecule has 0 aliphatic heterocycles. The molecule has 0 radical (unpaired) electrons. The SMILES string of the molecule is COC(=O)[C@H](NC(=O)C(F)(F)F)[C@@H](C)c1ccc(NC(=O)[C@@H](N)C2CCC(=C(F)F)CC2)c(F)c1. The maximum Gasteiger partial charge on any atom is 0.471 e. The minimum absolute atomic E-state index is 0.0290. The molecule has 2 amide bonds. The van der Waals surface area contributed by atoms with Gasteiger partial charge in [-0.15, -0.1) is 0 Å². The Morgan fingerprint density at radius 3 is 2.23 bits per heavy atom. The summed E-state index contributed by atoms with van der Waals surface area (Å²) in [6.07, 6.45) is -6.20. The van der Waals surface area contributed by atoms with Crippen molar-refractivity contribution in [3.05, 3.63) is 41.2 Å². The summed E-state index contributed by atoms with van der Waals surface area (Å²) >= 11 is 0. The van der Waals surface area contributed by atoms with E-state index < -0.39 is 53.9 Å². The Balaban J connectivity index is 2.11. The third-order valence-corrected chi connectivity index (χ3v) is 5.99. The van der Waals surface area contributed by atoms with Crippen LogP contribution in [0, 0.1) is 11.7 Å². The molecule has 0 heterocycles. The molecule has 0 saturated heterocycles. The minimum atomic E-state index is -5.25. The smallest absolute Gasteiger partial charge is 0.467 e. The summed E-state index contributed by atoms with van der Waals surface area (Å²) in [6, 6.07) is 0.446. The van der Waals surface area contributed by atoms with Gasteiger partial charge in [0.1, 0.15) is 11.9 Å². The highest BCUT2D eigenvalue weighted by Crippen LogP contribution is 2.33. The Hall–Kier alpha value is -3.09. The number of hydrogen-bond donors (Lipinski definition) is 3. The molecule has 35 heavy (non-hydrogen) atoms. The molecule has 1 aromatic carbocycles. The highest BCUT2D eigenvalue weighted by atomic mass is 19.4. The van der Waals surface area contributed by atoms with Crippen LogP contribution in [-0.2, 0) is 19.1 Å². The molecule has 1 aliphatic carbocycles. The van der Waals surface area contributed by atoms with Crippen LogP contribution in [0.25, 0.3) is 0 Å². The van der Waals surface area contributed by atoms with E-state index in [4.69, 9.17) is 5.73 Å². The molecule has 1 aliphatic rings. The maximum absolute atomic E-state index is 14.7. The Bertz CT molecular complexity index is 984. The number of nitrogens with one attached hydrogen (secondary N) is 2. The Labute approximate surface area is 197 Å². The zero-order chi connectivity index (χ0) is 26.5. The zero-order valence-corrected chi connectivity index (χ0v) is 18.8. The van der Waals surface area contributed by atoms with E-state index in [0.717, 1.165) is 19.2 Å². The lowest BCUT2D eigenvalue weighted by Crippen LogP contribution is -2.49. The van der Waals surface area contributed by atoms with Crippen molar-refractivity contribution in [2.75, 3.05) is 12.4 Å². The predicted molar refractivity (Wildman–Crippen MR) is 113 cm³/mol. The first kappa shape index (κ1) is 28.1. The topological polar surface area (TPSA) is 111 Å². The van der Waals surface area contributed by atoms with Crippen molar-refractivity contribution in [3.63, 3.8) is 0 Å². The van der Waals surface area contributed by atoms with Gasteiger partial charge in [0.2, 0.25) is 5.91 Å². The van der Waals surface area contributed by atoms with Gasteiger partial charge in [-0.1, -0.05) is 13.0 Å². The van der Waals surface area contributed by atoms with Gasteiger partial charge in [0.25, 0.3) is 6.08 Å². The second kappa shape index (κ2) is 11.6. The lowest BCUT2D eigenvalue weighted by atomic mass is 9.81. The minimum Gasteiger partial charge on any atom is -0.467 e. The van der Waals surface area contributed by atoms with Gasteiger partial charge < -0.3 is 21.1 Å². The van der Waals surface area contributed by atoms with Crippen molar-refractivity contribution >= 4 is 23.5 Å². The van der Waals surface area contributed by atoms with E-state index >= 15 is 0 Å². The van der Waals surface area contributed by atoms with Gasteiger partial charge in [0.15, 0.2) is 0 Å². The van der Waals surface area contributed by atoms with Crippen LogP contribution in [-0.4, -0.2) is 43.2 Å². The van der Waals surface area contributed by atoms with E-state index in [1.54, 1.807) is 0 Å². The molecule has 7 nitrogen and oxygen atoms in total. The third-order valence-electron chi connectivity index (χ3n) is 5.99. The van der Waals surface area contributed by atoms with E-state index in [-0.39, 0.29) is 48.4 Å². The maximum atomic E-state index is 14.7. The number of allylic oxidation sites excluding steroid dienone is 1. The van der Waals surface area contributed by atoms with Crippen molar-refractivity contribution in [2.24, 2.45) is 11.7 Å². The normalized spacial score (nSPS) is 18.8. The van der Waals surface area contributed by atoms with Crippen molar-refractivity contribution in [3.8, 4) is 0 Å². The quantitative estimate of drug-likeness (QED) is 0.383. The molecular weight excluding hydrogens is 484 g/mol. The molecule has 1 aromatic rings. The number of nitrogens with two attached hydrogens (primary N) is 1. The molecule has 3 atom stereocenters. The summed E-state index contributed by atoms with van der Waals surface area (Å²) in [7, 11) is 0.918. The molecule has 0 bridgehead atoms. The number of halogens is 6. The Morgan fingerprint density at radius 1 is 1.14 bits per heavy atom. The van der Waals surface area contributed by atoms with Crippen LogP contribution in [0.15, 0.2) is 29.9 Å². The first-order valence-electron chi connectivity index (χ1n) is 10.6. The molecule has 13 heteroatoms. The molecule has 0 spiro atoms. The van der Waals surface area contributed by atoms with Crippen LogP contribution in [0.1, 0.15) is 44.1 Å². The number of ether oxygens (including phenoxy) is 1. The largest absolute Gasteiger partial charge is 0.471 e. The van der Waals surface area contributed by atoms with Crippen LogP contribution in [0.4, 0.5) is 32.0 Å². The lowest BCUT2D eigenvalue weighted by molar-refractivity contribution is -0.176. The highest BCUT2D eigenvalue weighted by molar-refractivity contribution is 5.95. The number of rotatable bonds is 7. The molecule has 1 fully saturated rings. The predicted octanol–water partition coefficient (Wildman–Crippen LogP) is 3.76. The van der Waals surface area contributed by atoms with Crippen LogP contribution in [0.3, 0.4) is 0 Å². The van der Waals surface area contributed by atoms with Gasteiger partial charge in [0, 0.05) is 5.92 Å². The van der Waals surface area contributed by atoms with E-state index in [0.29, 0.717) is 0 Å². The van der Waals surface area contributed by atoms with E-state index in [9.17, 15) is 40.7 Å². The van der Waals surface area contributed by atoms with Crippen LogP contribution < -0.4 is 16.4 Å². The number of amides is 2. The van der Waals surface area contributed by atoms with Gasteiger partial charge in [0.05, 0.1) is 18.8 Å². The zero-order valence-electron chi connectivity index (χ0n) is 18.8. The van der Waals surface area contributed by atoms with E-state index in [1.165, 1.54) is 18.3 Å². The standard InChI is InChI=1S/C22H25F6N3O4/c1-10(17(20(33)35-2)31-21(34)22(26,27)28)13-7-8-15(14(23)9-13)30-19(32)16(29)11-3-5-12(6-4-11)18(24)25/h7-11,16-17H,3-6,29H2,1-2H3,(H,30,32)(H,31,34)/t10-,16-,17+/m0/s1. The Morgan fingerprint density at radius 2 is 1.74 bits per heavy atom. The number of carbonyl (C=O) groups is 3. The molecule has 0 aromatic heterocycles. The summed E-state index contributed by atoms with van der Waals surface area (Å²) in [5.41, 5.74) is 5.73. The van der Waals surface area contributed by atoms with Crippen molar-refractivity contribution in [1.82, 2.24) is 5.32 Å². The van der Waals surface area contributed by atoms with Gasteiger partial charge in [-0.3, -0.25) is 9.59 Å². The average Bonchev–Trinajstić information content (AvgIpc) is 2.81. The van der Waals surface area contributed by atoms with Gasteiger partial charge in [-0.25, -0.2) is 9.18 Å². The van der Waals surface area contributed by atoms with Crippen molar-refractivity contribution in [2.45, 2.75) is 56.8 Å². The fourth-order valence-corrected chi connectivity index (χ4v) is 3.81. The molecule has 194 valence electrons. The Kier molecular flexibility index (Phi) is 9.30. The number of alkyl halides is 3. The second-order valence-electron chi connectivity index (χ2n) is 8.22. The molecule has 4 N–H and O–H groups in total. The third kappa shape index (κ3) is 7.20. The monoisotopic (exact) mass is 509 g/mol. The summed E-state index contributed by atoms with van der Waals surface area (Å²) < 4.78 is 82.4. The molecule has 0 unspecified atom stereocenters. The first-order chi connectivity index (χ1) is 16.3. The molecule has 1 saturated carbocycles. The fourth-order valence-electron chi connectivity index (χ4n) is 3.81. The summed E-state index contributed by atoms with van der Waals surface area (Å²) in [5, 5.41) is 3.85. The number of methoxy groups -OCH3 is 1. The van der Waals surface area contributed by atoms with Crippen LogP contribution >= 0.6 is 0 Å². The number of anilines is 1. The summed E-state index contributed by atoms with van der Waals surface area (Å²) in [5.74, 6) is -6.73. The van der Waals surface area contributed by atoms with Crippen LogP contribution in [0.5, 0.6) is 0 Å². The number of esters is 1. The number of hydrogen-bond acceptors (Lipinski definition) is 5. The lowest BCUT2D eigenvalue weighted by Gasteiger charge is -2.28. The highest BCUT2D eigenvalue weighted by Gasteiger charge is 2.42. The fraction of sp³-hybridized carbons (Fsp3) is 0.500. The van der Waals surface area contributed by atoms with E-state index in [1.807, 2.05) is 0 Å². The summed E-state index contributed by atoms with van der Waals surface area (Å²) in [4.78, 5) is 35.7. The van der Waals surface area contributed by atoms with Crippen LogP contribution in [0.2, 0.25) is 0 Å². The first-order valence-corrected chi connectivity index (χ1v) is 10.6. The summed E-state index contributed by atoms with van der Waals surface area (Å²) in [6.45, 7) is 1.28. The van der Waals surface area contributed by atoms with Gasteiger partial charge >= 0.3 is 18.1 Å².